The highest BCUT2D eigenvalue weighted by atomic mass is 16.1. The van der Waals surface area contributed by atoms with E-state index in [1.54, 1.807) is 0 Å². The molecule has 9 heteroatoms. The third kappa shape index (κ3) is 5.30. The maximum atomic E-state index is 12.1. The molecule has 0 radical (unpaired) electrons. The molecule has 0 bridgehead atoms. The Kier molecular flexibility index (Phi) is 5.89. The Labute approximate surface area is 153 Å². The average Bonchev–Trinajstić information content (AvgIpc) is 3.36. The summed E-state index contributed by atoms with van der Waals surface area (Å²) in [6.07, 6.45) is 3.74. The molecular formula is C17H28N8O. The Morgan fingerprint density at radius 2 is 2.12 bits per heavy atom. The second kappa shape index (κ2) is 8.33. The molecule has 1 amide bonds. The molecule has 2 fully saturated rings. The van der Waals surface area contributed by atoms with Crippen molar-refractivity contribution in [3.8, 4) is 0 Å². The van der Waals surface area contributed by atoms with Crippen LogP contribution < -0.4 is 16.8 Å². The molecule has 1 aromatic heterocycles. The maximum absolute atomic E-state index is 12.1. The number of rotatable bonds is 7. The molecule has 1 saturated heterocycles. The third-order valence-corrected chi connectivity index (χ3v) is 4.72. The number of H-pyrrole nitrogens is 1. The van der Waals surface area contributed by atoms with E-state index in [1.165, 1.54) is 18.9 Å². The predicted octanol–water partition coefficient (Wildman–Crippen LogP) is -0.518. The van der Waals surface area contributed by atoms with Gasteiger partial charge < -0.3 is 21.7 Å². The van der Waals surface area contributed by atoms with E-state index in [-0.39, 0.29) is 17.4 Å². The van der Waals surface area contributed by atoms with Gasteiger partial charge >= 0.3 is 0 Å². The number of carbonyl (C=O) groups is 1. The highest BCUT2D eigenvalue weighted by Crippen LogP contribution is 2.39. The number of amides is 1. The fraction of sp³-hybridized carbons (Fsp3) is 0.588. The van der Waals surface area contributed by atoms with E-state index in [1.807, 2.05) is 6.07 Å². The molecule has 9 nitrogen and oxygen atoms in total. The van der Waals surface area contributed by atoms with E-state index in [0.29, 0.717) is 18.3 Å². The van der Waals surface area contributed by atoms with Crippen molar-refractivity contribution in [3.05, 3.63) is 23.5 Å². The molecule has 26 heavy (non-hydrogen) atoms. The van der Waals surface area contributed by atoms with Crippen LogP contribution in [0.2, 0.25) is 0 Å². The van der Waals surface area contributed by atoms with Crippen molar-refractivity contribution in [2.45, 2.75) is 18.8 Å². The minimum Gasteiger partial charge on any atom is -0.394 e. The molecule has 1 aliphatic heterocycles. The van der Waals surface area contributed by atoms with Gasteiger partial charge in [-0.25, -0.2) is 4.99 Å². The van der Waals surface area contributed by atoms with Gasteiger partial charge in [0, 0.05) is 63.0 Å². The standard InChI is InChI=1S/C17H28N8O/c1-24-6-8-25(9-7-24)5-4-20-17(26)13(18)10-15(19)21-16-11-14(22-23-16)12-2-3-12/h10-12H,2-9,18H2,1H3,(H,20,26)(H3,19,21,22,23)/b13-10-. The first kappa shape index (κ1) is 18.4. The summed E-state index contributed by atoms with van der Waals surface area (Å²) < 4.78 is 0. The smallest absolute Gasteiger partial charge is 0.267 e. The number of hydrogen-bond acceptors (Lipinski definition) is 6. The van der Waals surface area contributed by atoms with Crippen LogP contribution in [0.15, 0.2) is 22.8 Å². The maximum Gasteiger partial charge on any atom is 0.267 e. The van der Waals surface area contributed by atoms with Gasteiger partial charge in [0.25, 0.3) is 5.91 Å². The zero-order chi connectivity index (χ0) is 18.5. The van der Waals surface area contributed by atoms with Crippen molar-refractivity contribution in [1.82, 2.24) is 25.3 Å². The summed E-state index contributed by atoms with van der Waals surface area (Å²) in [5.41, 5.74) is 12.8. The van der Waals surface area contributed by atoms with E-state index in [4.69, 9.17) is 11.5 Å². The van der Waals surface area contributed by atoms with Crippen LogP contribution in [0.5, 0.6) is 0 Å². The summed E-state index contributed by atoms with van der Waals surface area (Å²) in [5, 5.41) is 9.88. The lowest BCUT2D eigenvalue weighted by atomic mass is 10.3. The van der Waals surface area contributed by atoms with Crippen molar-refractivity contribution in [3.63, 3.8) is 0 Å². The van der Waals surface area contributed by atoms with Gasteiger partial charge in [-0.2, -0.15) is 5.10 Å². The number of amidine groups is 1. The molecule has 1 aromatic rings. The summed E-state index contributed by atoms with van der Waals surface area (Å²) in [6, 6.07) is 1.88. The van der Waals surface area contributed by atoms with Gasteiger partial charge in [-0.15, -0.1) is 0 Å². The van der Waals surface area contributed by atoms with Gasteiger partial charge in [-0.05, 0) is 19.9 Å². The largest absolute Gasteiger partial charge is 0.394 e. The highest BCUT2D eigenvalue weighted by Gasteiger charge is 2.25. The lowest BCUT2D eigenvalue weighted by Gasteiger charge is -2.32. The van der Waals surface area contributed by atoms with Crippen LogP contribution in [0.25, 0.3) is 0 Å². The predicted molar refractivity (Wildman–Crippen MR) is 101 cm³/mol. The fourth-order valence-corrected chi connectivity index (χ4v) is 2.88. The van der Waals surface area contributed by atoms with E-state index < -0.39 is 0 Å². The van der Waals surface area contributed by atoms with E-state index >= 15 is 0 Å². The monoisotopic (exact) mass is 360 g/mol. The Balaban J connectivity index is 1.44. The zero-order valence-electron chi connectivity index (χ0n) is 15.2. The Bertz CT molecular complexity index is 683. The SMILES string of the molecule is CN1CCN(CCNC(=O)/C(N)=C/C(N)=Nc2cc(C3CC3)[nH]n2)CC1. The number of nitrogens with one attached hydrogen (secondary N) is 2. The van der Waals surface area contributed by atoms with E-state index in [9.17, 15) is 4.79 Å². The Morgan fingerprint density at radius 3 is 2.81 bits per heavy atom. The van der Waals surface area contributed by atoms with Crippen LogP contribution in [0.3, 0.4) is 0 Å². The van der Waals surface area contributed by atoms with Gasteiger partial charge in [0.1, 0.15) is 11.5 Å². The molecule has 1 saturated carbocycles. The van der Waals surface area contributed by atoms with Crippen molar-refractivity contribution in [2.24, 2.45) is 16.5 Å². The van der Waals surface area contributed by atoms with Crippen molar-refractivity contribution in [1.29, 1.82) is 0 Å². The van der Waals surface area contributed by atoms with Crippen molar-refractivity contribution < 1.29 is 4.79 Å². The highest BCUT2D eigenvalue weighted by molar-refractivity contribution is 6.02. The number of hydrogen-bond donors (Lipinski definition) is 4. The van der Waals surface area contributed by atoms with Crippen LogP contribution in [-0.4, -0.2) is 78.1 Å². The number of nitrogens with zero attached hydrogens (tertiary/aromatic N) is 4. The van der Waals surface area contributed by atoms with Crippen molar-refractivity contribution in [2.75, 3.05) is 46.3 Å². The molecule has 1 aliphatic carbocycles. The van der Waals surface area contributed by atoms with Gasteiger partial charge in [-0.1, -0.05) is 0 Å². The Hall–Kier alpha value is -2.39. The summed E-state index contributed by atoms with van der Waals surface area (Å²) in [4.78, 5) is 20.9. The molecular weight excluding hydrogens is 332 g/mol. The zero-order valence-corrected chi connectivity index (χ0v) is 15.2. The lowest BCUT2D eigenvalue weighted by Crippen LogP contribution is -2.47. The third-order valence-electron chi connectivity index (χ3n) is 4.72. The number of aliphatic imine (C=N–C) groups is 1. The first-order valence-corrected chi connectivity index (χ1v) is 9.07. The van der Waals surface area contributed by atoms with Gasteiger partial charge in [0.2, 0.25) is 0 Å². The molecule has 0 unspecified atom stereocenters. The summed E-state index contributed by atoms with van der Waals surface area (Å²) >= 11 is 0. The average molecular weight is 360 g/mol. The van der Waals surface area contributed by atoms with Crippen LogP contribution in [0.4, 0.5) is 5.82 Å². The molecule has 0 atom stereocenters. The number of piperazine rings is 1. The van der Waals surface area contributed by atoms with Crippen LogP contribution in [0, 0.1) is 0 Å². The van der Waals surface area contributed by atoms with Gasteiger partial charge in [0.15, 0.2) is 5.82 Å². The first-order chi connectivity index (χ1) is 12.5. The number of carbonyl (C=O) groups excluding carboxylic acids is 1. The topological polar surface area (TPSA) is 129 Å². The minimum absolute atomic E-state index is 0.0441. The Morgan fingerprint density at radius 1 is 1.38 bits per heavy atom. The molecule has 142 valence electrons. The van der Waals surface area contributed by atoms with Gasteiger partial charge in [0.05, 0.1) is 0 Å². The molecule has 6 N–H and O–H groups in total. The number of nitrogens with two attached hydrogens (primary N) is 2. The first-order valence-electron chi connectivity index (χ1n) is 9.07. The summed E-state index contributed by atoms with van der Waals surface area (Å²) in [7, 11) is 2.12. The number of aromatic amines is 1. The molecule has 3 rings (SSSR count). The fourth-order valence-electron chi connectivity index (χ4n) is 2.88. The second-order valence-corrected chi connectivity index (χ2v) is 6.99. The number of likely N-dealkylation sites (N-methyl/N-ethyl adjacent to an activating group) is 1. The van der Waals surface area contributed by atoms with Crippen LogP contribution >= 0.6 is 0 Å². The van der Waals surface area contributed by atoms with E-state index in [0.717, 1.165) is 38.4 Å². The minimum atomic E-state index is -0.335. The summed E-state index contributed by atoms with van der Waals surface area (Å²) in [6.45, 7) is 5.51. The van der Waals surface area contributed by atoms with Crippen LogP contribution in [0.1, 0.15) is 24.5 Å². The second-order valence-electron chi connectivity index (χ2n) is 6.99. The van der Waals surface area contributed by atoms with E-state index in [2.05, 4.69) is 37.4 Å². The number of aromatic nitrogens is 2. The van der Waals surface area contributed by atoms with Crippen molar-refractivity contribution >= 4 is 17.6 Å². The molecule has 2 aliphatic rings. The normalized spacial score (nSPS) is 20.3. The lowest BCUT2D eigenvalue weighted by molar-refractivity contribution is -0.117. The van der Waals surface area contributed by atoms with Gasteiger partial charge in [-0.3, -0.25) is 14.8 Å². The van der Waals surface area contributed by atoms with Crippen LogP contribution in [-0.2, 0) is 4.79 Å². The molecule has 2 heterocycles. The quantitative estimate of drug-likeness (QED) is 0.294. The molecule has 0 aromatic carbocycles. The molecule has 0 spiro atoms. The summed E-state index contributed by atoms with van der Waals surface area (Å²) in [5.74, 6) is 0.895.